The van der Waals surface area contributed by atoms with Gasteiger partial charge in [0.05, 0.1) is 0 Å². The molecular formula is C4H10Br4Si2. The Bertz CT molecular complexity index is 99.8. The highest BCUT2D eigenvalue weighted by Crippen LogP contribution is 2.44. The Balaban J connectivity index is 4.28. The Hall–Kier alpha value is 2.35. The van der Waals surface area contributed by atoms with Gasteiger partial charge in [0.2, 0.25) is 9.66 Å². The molecule has 0 heterocycles. The van der Waals surface area contributed by atoms with Crippen LogP contribution >= 0.6 is 61.2 Å². The zero-order chi connectivity index (χ0) is 8.41. The molecule has 0 saturated carbocycles. The van der Waals surface area contributed by atoms with Crippen molar-refractivity contribution in [1.29, 1.82) is 0 Å². The van der Waals surface area contributed by atoms with E-state index in [4.69, 9.17) is 0 Å². The van der Waals surface area contributed by atoms with Gasteiger partial charge in [-0.05, 0) is 12.1 Å². The van der Waals surface area contributed by atoms with Crippen LogP contribution in [0.15, 0.2) is 0 Å². The second-order valence-corrected chi connectivity index (χ2v) is 42.9. The third-order valence-corrected chi connectivity index (χ3v) is 59.9. The molecule has 0 saturated heterocycles. The van der Waals surface area contributed by atoms with E-state index in [9.17, 15) is 0 Å². The maximum atomic E-state index is 3.79. The lowest BCUT2D eigenvalue weighted by atomic mass is 11.0. The standard InChI is InChI=1S/C4H10Br4Si2/c1-3-9(5,6)10(7,8)4-2/h3-4H2,1-2H3. The molecule has 0 aromatic heterocycles. The van der Waals surface area contributed by atoms with Crippen LogP contribution in [-0.2, 0) is 0 Å². The minimum absolute atomic E-state index is 1.21. The van der Waals surface area contributed by atoms with Crippen molar-refractivity contribution in [1.82, 2.24) is 0 Å². The zero-order valence-electron chi connectivity index (χ0n) is 5.93. The number of hydrogen-bond donors (Lipinski definition) is 0. The highest BCUT2D eigenvalue weighted by Gasteiger charge is 2.47. The number of hydrogen-bond acceptors (Lipinski definition) is 0. The van der Waals surface area contributed by atoms with Gasteiger partial charge in [-0.1, -0.05) is 13.8 Å². The van der Waals surface area contributed by atoms with Crippen LogP contribution in [0.4, 0.5) is 0 Å². The molecule has 0 rings (SSSR count). The molecule has 0 radical (unpaired) electrons. The summed E-state index contributed by atoms with van der Waals surface area (Å²) in [5.74, 6) is 0. The maximum absolute atomic E-state index is 3.79. The predicted molar refractivity (Wildman–Crippen MR) is 68.2 cm³/mol. The zero-order valence-corrected chi connectivity index (χ0v) is 14.3. The average molecular weight is 434 g/mol. The molecule has 0 aliphatic rings. The van der Waals surface area contributed by atoms with Gasteiger partial charge in [-0.25, -0.2) is 0 Å². The molecular weight excluding hydrogens is 424 g/mol. The lowest BCUT2D eigenvalue weighted by Crippen LogP contribution is -2.43. The van der Waals surface area contributed by atoms with Gasteiger partial charge < -0.3 is 0 Å². The molecule has 0 aliphatic heterocycles. The van der Waals surface area contributed by atoms with E-state index in [-0.39, 0.29) is 0 Å². The van der Waals surface area contributed by atoms with E-state index in [2.05, 4.69) is 75.0 Å². The Morgan fingerprint density at radius 3 is 1.10 bits per heavy atom. The van der Waals surface area contributed by atoms with E-state index in [0.29, 0.717) is 0 Å². The third-order valence-electron chi connectivity index (χ3n) is 1.42. The van der Waals surface area contributed by atoms with Crippen molar-refractivity contribution in [3.05, 3.63) is 0 Å². The normalized spacial score (nSPS) is 13.8. The summed E-state index contributed by atoms with van der Waals surface area (Å²) < 4.78 is 0. The molecule has 0 N–H and O–H groups in total. The molecule has 0 aromatic carbocycles. The summed E-state index contributed by atoms with van der Waals surface area (Å²) in [5.41, 5.74) is 0. The van der Waals surface area contributed by atoms with Crippen molar-refractivity contribution in [2.45, 2.75) is 25.9 Å². The Kier molecular flexibility index (Phi) is 5.62. The minimum atomic E-state index is -1.31. The molecule has 0 aliphatic carbocycles. The second kappa shape index (κ2) is 4.55. The fraction of sp³-hybridized carbons (Fsp3) is 1.00. The van der Waals surface area contributed by atoms with Crippen molar-refractivity contribution in [3.8, 4) is 0 Å². The van der Waals surface area contributed by atoms with Crippen LogP contribution in [0.2, 0.25) is 12.1 Å². The van der Waals surface area contributed by atoms with Crippen molar-refractivity contribution in [2.24, 2.45) is 0 Å². The molecule has 0 spiro atoms. The quantitative estimate of drug-likeness (QED) is 0.452. The van der Waals surface area contributed by atoms with Crippen LogP contribution in [0.3, 0.4) is 0 Å². The first-order valence-corrected chi connectivity index (χ1v) is 17.6. The first-order valence-electron chi connectivity index (χ1n) is 3.13. The number of halogens is 4. The monoisotopic (exact) mass is 430 g/mol. The summed E-state index contributed by atoms with van der Waals surface area (Å²) in [5, 5.41) is 0. The second-order valence-electron chi connectivity index (χ2n) is 2.12. The largest absolute Gasteiger partial charge is 0.215 e. The van der Waals surface area contributed by atoms with Gasteiger partial charge in [-0.15, -0.1) is 61.2 Å². The number of rotatable bonds is 3. The van der Waals surface area contributed by atoms with Crippen LogP contribution in [-0.4, -0.2) is 9.66 Å². The van der Waals surface area contributed by atoms with Gasteiger partial charge in [0.25, 0.3) is 0 Å². The van der Waals surface area contributed by atoms with Gasteiger partial charge in [0.1, 0.15) is 0 Å². The topological polar surface area (TPSA) is 0 Å². The van der Waals surface area contributed by atoms with E-state index >= 15 is 0 Å². The first-order chi connectivity index (χ1) is 4.37. The Labute approximate surface area is 95.7 Å². The Morgan fingerprint density at radius 2 is 1.00 bits per heavy atom. The lowest BCUT2D eigenvalue weighted by Gasteiger charge is -2.27. The van der Waals surface area contributed by atoms with Crippen LogP contribution in [0.1, 0.15) is 13.8 Å². The van der Waals surface area contributed by atoms with Crippen LogP contribution in [0, 0.1) is 0 Å². The summed E-state index contributed by atoms with van der Waals surface area (Å²) in [6.45, 7) is 4.44. The molecule has 6 heteroatoms. The predicted octanol–water partition coefficient (Wildman–Crippen LogP) is 4.57. The molecule has 0 atom stereocenters. The summed E-state index contributed by atoms with van der Waals surface area (Å²) in [6, 6.07) is 2.42. The van der Waals surface area contributed by atoms with Crippen molar-refractivity contribution in [3.63, 3.8) is 0 Å². The van der Waals surface area contributed by atoms with Crippen molar-refractivity contribution in [2.75, 3.05) is 0 Å². The van der Waals surface area contributed by atoms with Crippen molar-refractivity contribution >= 4 is 70.8 Å². The molecule has 0 nitrogen and oxygen atoms in total. The molecule has 62 valence electrons. The molecule has 0 unspecified atom stereocenters. The van der Waals surface area contributed by atoms with E-state index in [0.717, 1.165) is 0 Å². The molecule has 10 heavy (non-hydrogen) atoms. The Morgan fingerprint density at radius 1 is 0.800 bits per heavy atom. The van der Waals surface area contributed by atoms with Gasteiger partial charge in [-0.2, -0.15) is 0 Å². The summed E-state index contributed by atoms with van der Waals surface area (Å²) in [7, 11) is 0. The van der Waals surface area contributed by atoms with Crippen LogP contribution in [0.25, 0.3) is 0 Å². The van der Waals surface area contributed by atoms with E-state index in [1.807, 2.05) is 0 Å². The third kappa shape index (κ3) is 3.01. The molecule has 0 aromatic rings. The molecule has 0 bridgehead atoms. The minimum Gasteiger partial charge on any atom is -0.112 e. The summed E-state index contributed by atoms with van der Waals surface area (Å²) >= 11 is 15.1. The highest BCUT2D eigenvalue weighted by atomic mass is 79.9. The van der Waals surface area contributed by atoms with Crippen LogP contribution in [0.5, 0.6) is 0 Å². The fourth-order valence-electron chi connectivity index (χ4n) is 0.517. The molecule has 0 fully saturated rings. The van der Waals surface area contributed by atoms with E-state index in [1.54, 1.807) is 0 Å². The average Bonchev–Trinajstić information content (AvgIpc) is 1.88. The SMILES string of the molecule is CC[Si](Br)(Br)[Si](Br)(Br)CC. The van der Waals surface area contributed by atoms with E-state index in [1.165, 1.54) is 12.1 Å². The van der Waals surface area contributed by atoms with Gasteiger partial charge in [-0.3, -0.25) is 0 Å². The fourth-order valence-corrected chi connectivity index (χ4v) is 14.7. The summed E-state index contributed by atoms with van der Waals surface area (Å²) in [4.78, 5) is -2.62. The van der Waals surface area contributed by atoms with Gasteiger partial charge in [0.15, 0.2) is 0 Å². The summed E-state index contributed by atoms with van der Waals surface area (Å²) in [6.07, 6.45) is 0. The van der Waals surface area contributed by atoms with Gasteiger partial charge >= 0.3 is 0 Å². The van der Waals surface area contributed by atoms with Crippen molar-refractivity contribution < 1.29 is 0 Å². The lowest BCUT2D eigenvalue weighted by molar-refractivity contribution is 1.43. The maximum Gasteiger partial charge on any atom is 0.215 e. The van der Waals surface area contributed by atoms with E-state index < -0.39 is 9.66 Å². The first kappa shape index (κ1) is 12.4. The smallest absolute Gasteiger partial charge is 0.112 e. The van der Waals surface area contributed by atoms with Crippen LogP contribution < -0.4 is 0 Å². The highest BCUT2D eigenvalue weighted by molar-refractivity contribution is 9.66. The van der Waals surface area contributed by atoms with Gasteiger partial charge in [0, 0.05) is 0 Å². The molecule has 0 amide bonds.